The van der Waals surface area contributed by atoms with E-state index in [-0.39, 0.29) is 6.42 Å². The Morgan fingerprint density at radius 1 is 0.826 bits per heavy atom. The van der Waals surface area contributed by atoms with Gasteiger partial charge in [0, 0.05) is 6.42 Å². The molecule has 23 heavy (non-hydrogen) atoms. The molecule has 1 unspecified atom stereocenters. The first-order chi connectivity index (χ1) is 11.1. The summed E-state index contributed by atoms with van der Waals surface area (Å²) in [6.07, 6.45) is 19.1. The van der Waals surface area contributed by atoms with Crippen LogP contribution in [0.3, 0.4) is 0 Å². The lowest BCUT2D eigenvalue weighted by Gasteiger charge is -2.05. The Labute approximate surface area is 142 Å². The molecule has 1 atom stereocenters. The van der Waals surface area contributed by atoms with Gasteiger partial charge in [-0.25, -0.2) is 0 Å². The molecule has 0 radical (unpaired) electrons. The highest BCUT2D eigenvalue weighted by molar-refractivity contribution is 5.85. The third kappa shape index (κ3) is 15.4. The van der Waals surface area contributed by atoms with Crippen LogP contribution >= 0.6 is 0 Å². The van der Waals surface area contributed by atoms with Gasteiger partial charge in [0.2, 0.25) is 11.8 Å². The molecule has 2 amide bonds. The van der Waals surface area contributed by atoms with Crippen LogP contribution in [0.5, 0.6) is 0 Å². The Balaban J connectivity index is 3.45. The van der Waals surface area contributed by atoms with E-state index in [0.717, 1.165) is 12.8 Å². The Kier molecular flexibility index (Phi) is 14.7. The molecule has 134 valence electrons. The number of allylic oxidation sites excluding steroid dienone is 1. The Hall–Kier alpha value is -1.32. The van der Waals surface area contributed by atoms with Crippen LogP contribution in [0.25, 0.3) is 0 Å². The highest BCUT2D eigenvalue weighted by Gasteiger charge is 2.13. The van der Waals surface area contributed by atoms with Crippen molar-refractivity contribution in [2.24, 2.45) is 17.4 Å². The average molecular weight is 325 g/mol. The van der Waals surface area contributed by atoms with Gasteiger partial charge in [0.1, 0.15) is 0 Å². The highest BCUT2D eigenvalue weighted by atomic mass is 16.2. The van der Waals surface area contributed by atoms with Crippen molar-refractivity contribution in [3.8, 4) is 0 Å². The lowest BCUT2D eigenvalue weighted by atomic mass is 10.0. The van der Waals surface area contributed by atoms with Crippen LogP contribution in [-0.4, -0.2) is 11.8 Å². The summed E-state index contributed by atoms with van der Waals surface area (Å²) < 4.78 is 0. The lowest BCUT2D eigenvalue weighted by Crippen LogP contribution is -2.26. The standard InChI is InChI=1S/C19H36N2O2/c1-2-3-4-5-6-7-8-9-10-11-12-13-14-15-17(19(21)23)16-18(20)22/h14-15,17H,2-13,16H2,1H3,(H2,20,22)(H2,21,23)/b15-14+. The summed E-state index contributed by atoms with van der Waals surface area (Å²) >= 11 is 0. The first-order valence-electron chi connectivity index (χ1n) is 9.32. The molecule has 4 nitrogen and oxygen atoms in total. The Bertz CT molecular complexity index is 340. The van der Waals surface area contributed by atoms with Gasteiger partial charge in [-0.1, -0.05) is 83.3 Å². The number of carbonyl (C=O) groups excluding carboxylic acids is 2. The number of primary amides is 2. The van der Waals surface area contributed by atoms with Crippen molar-refractivity contribution in [2.45, 2.75) is 90.4 Å². The fraction of sp³-hybridized carbons (Fsp3) is 0.789. The number of unbranched alkanes of at least 4 members (excludes halogenated alkanes) is 11. The molecule has 0 saturated heterocycles. The van der Waals surface area contributed by atoms with E-state index in [4.69, 9.17) is 11.5 Å². The molecule has 4 N–H and O–H groups in total. The third-order valence-electron chi connectivity index (χ3n) is 4.13. The van der Waals surface area contributed by atoms with Crippen LogP contribution < -0.4 is 11.5 Å². The molecule has 0 aromatic carbocycles. The first kappa shape index (κ1) is 21.7. The molecule has 0 bridgehead atoms. The van der Waals surface area contributed by atoms with Crippen molar-refractivity contribution in [2.75, 3.05) is 0 Å². The summed E-state index contributed by atoms with van der Waals surface area (Å²) in [7, 11) is 0. The van der Waals surface area contributed by atoms with Gasteiger partial charge >= 0.3 is 0 Å². The minimum atomic E-state index is -0.555. The van der Waals surface area contributed by atoms with Gasteiger partial charge in [-0.05, 0) is 12.8 Å². The van der Waals surface area contributed by atoms with Gasteiger partial charge in [0.05, 0.1) is 5.92 Å². The van der Waals surface area contributed by atoms with Crippen LogP contribution in [0.4, 0.5) is 0 Å². The largest absolute Gasteiger partial charge is 0.370 e. The SMILES string of the molecule is CCCCCCCCCCCCC/C=C/C(CC(N)=O)C(N)=O. The molecule has 0 fully saturated rings. The predicted octanol–water partition coefficient (Wildman–Crippen LogP) is 4.22. The normalized spacial score (nSPS) is 12.6. The number of hydrogen-bond donors (Lipinski definition) is 2. The van der Waals surface area contributed by atoms with Crippen LogP contribution in [0.1, 0.15) is 90.4 Å². The second kappa shape index (κ2) is 15.6. The molecular formula is C19H36N2O2. The number of amides is 2. The monoisotopic (exact) mass is 324 g/mol. The molecule has 4 heteroatoms. The molecule has 0 saturated carbocycles. The predicted molar refractivity (Wildman–Crippen MR) is 96.7 cm³/mol. The fourth-order valence-corrected chi connectivity index (χ4v) is 2.67. The summed E-state index contributed by atoms with van der Waals surface area (Å²) in [4.78, 5) is 22.0. The van der Waals surface area contributed by atoms with Gasteiger partial charge in [0.25, 0.3) is 0 Å². The van der Waals surface area contributed by atoms with E-state index in [0.29, 0.717) is 0 Å². The van der Waals surface area contributed by atoms with Gasteiger partial charge in [-0.15, -0.1) is 0 Å². The number of nitrogens with two attached hydrogens (primary N) is 2. The molecule has 0 spiro atoms. The summed E-state index contributed by atoms with van der Waals surface area (Å²) in [6, 6.07) is 0. The van der Waals surface area contributed by atoms with E-state index in [1.165, 1.54) is 64.2 Å². The zero-order chi connectivity index (χ0) is 17.3. The second-order valence-corrected chi connectivity index (χ2v) is 6.43. The Morgan fingerprint density at radius 3 is 1.74 bits per heavy atom. The van der Waals surface area contributed by atoms with Crippen LogP contribution in [0.15, 0.2) is 12.2 Å². The van der Waals surface area contributed by atoms with Crippen molar-refractivity contribution in [1.29, 1.82) is 0 Å². The second-order valence-electron chi connectivity index (χ2n) is 6.43. The molecule has 0 aliphatic heterocycles. The third-order valence-corrected chi connectivity index (χ3v) is 4.13. The van der Waals surface area contributed by atoms with Crippen molar-refractivity contribution in [3.05, 3.63) is 12.2 Å². The fourth-order valence-electron chi connectivity index (χ4n) is 2.67. The van der Waals surface area contributed by atoms with E-state index in [1.54, 1.807) is 6.08 Å². The average Bonchev–Trinajstić information content (AvgIpc) is 2.50. The van der Waals surface area contributed by atoms with Crippen molar-refractivity contribution >= 4 is 11.8 Å². The molecule has 0 aliphatic carbocycles. The van der Waals surface area contributed by atoms with Crippen molar-refractivity contribution in [3.63, 3.8) is 0 Å². The minimum Gasteiger partial charge on any atom is -0.370 e. The van der Waals surface area contributed by atoms with Crippen LogP contribution in [0, 0.1) is 5.92 Å². The maximum Gasteiger partial charge on any atom is 0.224 e. The summed E-state index contributed by atoms with van der Waals surface area (Å²) in [6.45, 7) is 2.25. The topological polar surface area (TPSA) is 86.2 Å². The van der Waals surface area contributed by atoms with E-state index in [2.05, 4.69) is 6.92 Å². The van der Waals surface area contributed by atoms with Gasteiger partial charge in [-0.2, -0.15) is 0 Å². The van der Waals surface area contributed by atoms with Crippen LogP contribution in [-0.2, 0) is 9.59 Å². The molecule has 0 heterocycles. The zero-order valence-corrected chi connectivity index (χ0v) is 14.9. The lowest BCUT2D eigenvalue weighted by molar-refractivity contribution is -0.125. The van der Waals surface area contributed by atoms with Gasteiger partial charge < -0.3 is 11.5 Å². The van der Waals surface area contributed by atoms with E-state index >= 15 is 0 Å². The van der Waals surface area contributed by atoms with E-state index < -0.39 is 17.7 Å². The molecule has 0 aliphatic rings. The maximum atomic E-state index is 11.1. The van der Waals surface area contributed by atoms with Crippen molar-refractivity contribution in [1.82, 2.24) is 0 Å². The van der Waals surface area contributed by atoms with Gasteiger partial charge in [-0.3, -0.25) is 9.59 Å². The van der Waals surface area contributed by atoms with E-state index in [9.17, 15) is 9.59 Å². The van der Waals surface area contributed by atoms with E-state index in [1.807, 2.05) is 6.08 Å². The molecular weight excluding hydrogens is 288 g/mol. The quantitative estimate of drug-likeness (QED) is 0.329. The van der Waals surface area contributed by atoms with Crippen LogP contribution in [0.2, 0.25) is 0 Å². The molecule has 0 aromatic rings. The highest BCUT2D eigenvalue weighted by Crippen LogP contribution is 2.12. The number of hydrogen-bond acceptors (Lipinski definition) is 2. The van der Waals surface area contributed by atoms with Gasteiger partial charge in [0.15, 0.2) is 0 Å². The minimum absolute atomic E-state index is 0.00406. The van der Waals surface area contributed by atoms with Crippen molar-refractivity contribution < 1.29 is 9.59 Å². The summed E-state index contributed by atoms with van der Waals surface area (Å²) in [5.41, 5.74) is 10.3. The maximum absolute atomic E-state index is 11.1. The summed E-state index contributed by atoms with van der Waals surface area (Å²) in [5.74, 6) is -1.53. The first-order valence-corrected chi connectivity index (χ1v) is 9.32. The number of carbonyl (C=O) groups is 2. The molecule has 0 rings (SSSR count). The zero-order valence-electron chi connectivity index (χ0n) is 14.9. The number of rotatable bonds is 16. The summed E-state index contributed by atoms with van der Waals surface area (Å²) in [5, 5.41) is 0. The Morgan fingerprint density at radius 2 is 1.30 bits per heavy atom. The smallest absolute Gasteiger partial charge is 0.224 e. The molecule has 0 aromatic heterocycles.